The number of nitrogens with zero attached hydrogens (tertiary/aromatic N) is 3. The van der Waals surface area contributed by atoms with Crippen LogP contribution in [0, 0.1) is 18.3 Å². The second kappa shape index (κ2) is 7.71. The van der Waals surface area contributed by atoms with E-state index in [9.17, 15) is 10.1 Å². The maximum atomic E-state index is 12.4. The number of thiazole rings is 2. The van der Waals surface area contributed by atoms with E-state index < -0.39 is 5.92 Å². The lowest BCUT2D eigenvalue weighted by molar-refractivity contribution is -0.116. The molecule has 0 amide bonds. The molecule has 2 aromatic heterocycles. The molecule has 1 aromatic carbocycles. The van der Waals surface area contributed by atoms with Crippen LogP contribution in [0.4, 0.5) is 0 Å². The predicted molar refractivity (Wildman–Crippen MR) is 98.5 cm³/mol. The number of aromatic nitrogens is 2. The number of carbonyl (C=O) groups is 1. The summed E-state index contributed by atoms with van der Waals surface area (Å²) in [6.07, 6.45) is 0. The summed E-state index contributed by atoms with van der Waals surface area (Å²) in [6.45, 7) is 1.92. The first-order chi connectivity index (χ1) is 11.7. The topological polar surface area (TPSA) is 66.6 Å². The molecule has 0 saturated heterocycles. The van der Waals surface area contributed by atoms with Crippen molar-refractivity contribution in [1.82, 2.24) is 9.97 Å². The Balaban J connectivity index is 1.71. The van der Waals surface area contributed by atoms with Gasteiger partial charge in [-0.2, -0.15) is 5.26 Å². The maximum absolute atomic E-state index is 12.4. The van der Waals surface area contributed by atoms with Crippen molar-refractivity contribution in [3.05, 3.63) is 51.8 Å². The van der Waals surface area contributed by atoms with Gasteiger partial charge in [0.2, 0.25) is 0 Å². The third-order valence-electron chi connectivity index (χ3n) is 3.23. The van der Waals surface area contributed by atoms with E-state index in [-0.39, 0.29) is 11.5 Å². The summed E-state index contributed by atoms with van der Waals surface area (Å²) in [5.74, 6) is -0.726. The second-order valence-electron chi connectivity index (χ2n) is 5.01. The van der Waals surface area contributed by atoms with Crippen molar-refractivity contribution in [1.29, 1.82) is 5.26 Å². The molecule has 1 atom stereocenters. The molecular weight excluding hydrogens is 358 g/mol. The van der Waals surface area contributed by atoms with Gasteiger partial charge in [0.1, 0.15) is 5.01 Å². The molecule has 0 spiro atoms. The lowest BCUT2D eigenvalue weighted by Crippen LogP contribution is -2.13. The van der Waals surface area contributed by atoms with Gasteiger partial charge in [-0.25, -0.2) is 9.97 Å². The summed E-state index contributed by atoms with van der Waals surface area (Å²) < 4.78 is 0.849. The van der Waals surface area contributed by atoms with E-state index in [1.807, 2.05) is 48.0 Å². The number of hydrogen-bond donors (Lipinski definition) is 0. The van der Waals surface area contributed by atoms with Crippen molar-refractivity contribution in [2.75, 3.05) is 5.75 Å². The number of carbonyl (C=O) groups excluding carboxylic acids is 1. The van der Waals surface area contributed by atoms with Gasteiger partial charge in [-0.3, -0.25) is 4.79 Å². The zero-order chi connectivity index (χ0) is 16.9. The summed E-state index contributed by atoms with van der Waals surface area (Å²) in [5.41, 5.74) is 2.72. The Bertz CT molecular complexity index is 880. The summed E-state index contributed by atoms with van der Waals surface area (Å²) in [7, 11) is 0. The Morgan fingerprint density at radius 2 is 2.04 bits per heavy atom. The second-order valence-corrected chi connectivity index (χ2v) is 7.98. The van der Waals surface area contributed by atoms with E-state index in [0.717, 1.165) is 21.3 Å². The Labute approximate surface area is 152 Å². The molecule has 7 heteroatoms. The number of benzene rings is 1. The van der Waals surface area contributed by atoms with Crippen LogP contribution < -0.4 is 0 Å². The van der Waals surface area contributed by atoms with Crippen LogP contribution in [0.15, 0.2) is 45.4 Å². The molecule has 3 aromatic rings. The highest BCUT2D eigenvalue weighted by Crippen LogP contribution is 2.29. The molecule has 4 nitrogen and oxygen atoms in total. The molecule has 0 aliphatic rings. The third kappa shape index (κ3) is 3.90. The highest BCUT2D eigenvalue weighted by molar-refractivity contribution is 8.01. The van der Waals surface area contributed by atoms with Crippen molar-refractivity contribution in [2.45, 2.75) is 17.2 Å². The Morgan fingerprint density at radius 1 is 1.25 bits per heavy atom. The highest BCUT2D eigenvalue weighted by atomic mass is 32.2. The van der Waals surface area contributed by atoms with E-state index >= 15 is 0 Å². The van der Waals surface area contributed by atoms with E-state index in [4.69, 9.17) is 0 Å². The zero-order valence-electron chi connectivity index (χ0n) is 12.8. The van der Waals surface area contributed by atoms with E-state index in [1.165, 1.54) is 34.4 Å². The molecule has 24 heavy (non-hydrogen) atoms. The summed E-state index contributed by atoms with van der Waals surface area (Å²) in [4.78, 5) is 21.2. The first kappa shape index (κ1) is 16.8. The molecule has 2 heterocycles. The lowest BCUT2D eigenvalue weighted by Gasteiger charge is -2.03. The average Bonchev–Trinajstić information content (AvgIpc) is 3.24. The van der Waals surface area contributed by atoms with Crippen molar-refractivity contribution >= 4 is 40.2 Å². The number of rotatable bonds is 6. The Morgan fingerprint density at radius 3 is 2.71 bits per heavy atom. The molecule has 0 N–H and O–H groups in total. The highest BCUT2D eigenvalue weighted by Gasteiger charge is 2.24. The van der Waals surface area contributed by atoms with Crippen LogP contribution in [0.1, 0.15) is 16.6 Å². The average molecular weight is 372 g/mol. The Hall–Kier alpha value is -2.01. The molecule has 0 unspecified atom stereocenters. The van der Waals surface area contributed by atoms with Crippen LogP contribution in [-0.4, -0.2) is 21.5 Å². The summed E-state index contributed by atoms with van der Waals surface area (Å²) in [6, 6.07) is 11.8. The van der Waals surface area contributed by atoms with Gasteiger partial charge in [0.25, 0.3) is 0 Å². The van der Waals surface area contributed by atoms with E-state index in [0.29, 0.717) is 5.01 Å². The van der Waals surface area contributed by atoms with Crippen LogP contribution in [0.5, 0.6) is 0 Å². The minimum Gasteiger partial charge on any atom is -0.297 e. The van der Waals surface area contributed by atoms with Crippen molar-refractivity contribution < 1.29 is 4.79 Å². The minimum absolute atomic E-state index is 0.135. The van der Waals surface area contributed by atoms with Gasteiger partial charge in [0.15, 0.2) is 16.0 Å². The fourth-order valence-electron chi connectivity index (χ4n) is 2.04. The van der Waals surface area contributed by atoms with Gasteiger partial charge < -0.3 is 0 Å². The fraction of sp³-hybridized carbons (Fsp3) is 0.176. The number of thioether (sulfide) groups is 1. The van der Waals surface area contributed by atoms with Crippen LogP contribution >= 0.6 is 34.4 Å². The van der Waals surface area contributed by atoms with E-state index in [2.05, 4.69) is 16.0 Å². The first-order valence-corrected chi connectivity index (χ1v) is 9.90. The summed E-state index contributed by atoms with van der Waals surface area (Å²) in [5, 5.41) is 13.8. The van der Waals surface area contributed by atoms with Crippen LogP contribution in [0.3, 0.4) is 0 Å². The van der Waals surface area contributed by atoms with Gasteiger partial charge in [-0.05, 0) is 6.92 Å². The predicted octanol–water partition coefficient (Wildman–Crippen LogP) is 4.54. The number of ketones is 1. The first-order valence-electron chi connectivity index (χ1n) is 7.15. The molecule has 0 aliphatic carbocycles. The minimum atomic E-state index is -0.818. The smallest absolute Gasteiger partial charge is 0.167 e. The number of Topliss-reactive ketones (excluding diaryl/α,β-unsaturated/α-hetero) is 1. The van der Waals surface area contributed by atoms with Gasteiger partial charge in [-0.1, -0.05) is 42.1 Å². The molecular formula is C17H13N3OS3. The fourth-order valence-corrected chi connectivity index (χ4v) is 4.69. The zero-order valence-corrected chi connectivity index (χ0v) is 15.3. The molecule has 0 bridgehead atoms. The number of aryl methyl sites for hydroxylation is 1. The van der Waals surface area contributed by atoms with Crippen LogP contribution in [0.25, 0.3) is 11.3 Å². The van der Waals surface area contributed by atoms with Gasteiger partial charge in [-0.15, -0.1) is 22.7 Å². The van der Waals surface area contributed by atoms with Crippen LogP contribution in [-0.2, 0) is 4.79 Å². The number of hydrogen-bond acceptors (Lipinski definition) is 7. The SMILES string of the molecule is Cc1csc(SCC(=O)[C@@H](C#N)c2nc(-c3ccccc3)cs2)n1. The summed E-state index contributed by atoms with van der Waals surface area (Å²) >= 11 is 4.24. The number of nitriles is 1. The van der Waals surface area contributed by atoms with Gasteiger partial charge >= 0.3 is 0 Å². The molecule has 0 fully saturated rings. The monoisotopic (exact) mass is 371 g/mol. The van der Waals surface area contributed by atoms with E-state index in [1.54, 1.807) is 0 Å². The van der Waals surface area contributed by atoms with Gasteiger partial charge in [0, 0.05) is 22.0 Å². The van der Waals surface area contributed by atoms with Crippen molar-refractivity contribution in [3.8, 4) is 17.3 Å². The standard InChI is InChI=1S/C17H13N3OS3/c1-11-8-23-17(19-11)24-10-15(21)13(7-18)16-20-14(9-22-16)12-5-3-2-4-6-12/h2-6,8-9,13H,10H2,1H3/t13-/m1/s1. The van der Waals surface area contributed by atoms with Crippen LogP contribution in [0.2, 0.25) is 0 Å². The van der Waals surface area contributed by atoms with Crippen molar-refractivity contribution in [3.63, 3.8) is 0 Å². The van der Waals surface area contributed by atoms with Gasteiger partial charge in [0.05, 0.1) is 17.5 Å². The quantitative estimate of drug-likeness (QED) is 0.595. The normalized spacial score (nSPS) is 11.8. The molecule has 0 saturated carbocycles. The largest absolute Gasteiger partial charge is 0.297 e. The van der Waals surface area contributed by atoms with Crippen molar-refractivity contribution in [2.24, 2.45) is 0 Å². The molecule has 3 rings (SSSR count). The molecule has 0 aliphatic heterocycles. The molecule has 120 valence electrons. The lowest BCUT2D eigenvalue weighted by atomic mass is 10.1. The Kier molecular flexibility index (Phi) is 5.41. The molecule has 0 radical (unpaired) electrons. The maximum Gasteiger partial charge on any atom is 0.167 e. The third-order valence-corrected chi connectivity index (χ3v) is 6.30.